The van der Waals surface area contributed by atoms with Gasteiger partial charge in [-0.2, -0.15) is 5.10 Å². The number of halogens is 2. The van der Waals surface area contributed by atoms with E-state index >= 15 is 0 Å². The summed E-state index contributed by atoms with van der Waals surface area (Å²) < 4.78 is 18.6. The number of amides is 2. The number of nitrogens with zero attached hydrogens (tertiary/aromatic N) is 1. The number of carbonyl (C=O) groups excluding carboxylic acids is 3. The van der Waals surface area contributed by atoms with Gasteiger partial charge in [-0.05, 0) is 49.4 Å². The first kappa shape index (κ1) is 22.6. The average molecular weight is 454 g/mol. The van der Waals surface area contributed by atoms with Crippen molar-refractivity contribution in [2.45, 2.75) is 6.92 Å². The monoisotopic (exact) mass is 453 g/mol. The number of hydrogen-bond acceptors (Lipinski definition) is 5. The smallest absolute Gasteiger partial charge is 0.343 e. The fourth-order valence-corrected chi connectivity index (χ4v) is 2.68. The molecule has 0 saturated carbocycles. The van der Waals surface area contributed by atoms with E-state index in [2.05, 4.69) is 15.8 Å². The highest BCUT2D eigenvalue weighted by molar-refractivity contribution is 6.39. The van der Waals surface area contributed by atoms with Gasteiger partial charge in [0.25, 0.3) is 0 Å². The lowest BCUT2D eigenvalue weighted by molar-refractivity contribution is -0.136. The van der Waals surface area contributed by atoms with E-state index in [-0.39, 0.29) is 16.5 Å². The Kier molecular flexibility index (Phi) is 7.30. The Morgan fingerprint density at radius 3 is 2.44 bits per heavy atom. The van der Waals surface area contributed by atoms with Crippen LogP contribution in [0.2, 0.25) is 5.02 Å². The van der Waals surface area contributed by atoms with E-state index in [1.807, 2.05) is 6.92 Å². The topological polar surface area (TPSA) is 96.9 Å². The Labute approximate surface area is 187 Å². The molecule has 0 unspecified atom stereocenters. The number of anilines is 1. The largest absolute Gasteiger partial charge is 0.422 e. The molecule has 0 fully saturated rings. The molecule has 3 rings (SSSR count). The van der Waals surface area contributed by atoms with Crippen molar-refractivity contribution in [1.82, 2.24) is 5.43 Å². The number of ether oxygens (including phenoxy) is 1. The summed E-state index contributed by atoms with van der Waals surface area (Å²) in [5.41, 5.74) is 4.01. The van der Waals surface area contributed by atoms with Gasteiger partial charge in [-0.25, -0.2) is 14.6 Å². The lowest BCUT2D eigenvalue weighted by atomic mass is 10.1. The second kappa shape index (κ2) is 10.3. The van der Waals surface area contributed by atoms with Crippen molar-refractivity contribution >= 4 is 41.3 Å². The molecule has 0 atom stereocenters. The molecule has 0 saturated heterocycles. The third-order valence-electron chi connectivity index (χ3n) is 4.16. The second-order valence-corrected chi connectivity index (χ2v) is 6.98. The Morgan fingerprint density at radius 1 is 1.00 bits per heavy atom. The third kappa shape index (κ3) is 5.99. The molecule has 0 aromatic heterocycles. The molecule has 0 spiro atoms. The van der Waals surface area contributed by atoms with E-state index in [1.54, 1.807) is 48.5 Å². The minimum absolute atomic E-state index is 0.147. The van der Waals surface area contributed by atoms with Gasteiger partial charge in [0.15, 0.2) is 0 Å². The van der Waals surface area contributed by atoms with Gasteiger partial charge < -0.3 is 10.1 Å². The maximum absolute atomic E-state index is 13.2. The number of esters is 1. The summed E-state index contributed by atoms with van der Waals surface area (Å²) in [7, 11) is 0. The number of benzene rings is 3. The summed E-state index contributed by atoms with van der Waals surface area (Å²) in [5, 5.41) is 5.80. The van der Waals surface area contributed by atoms with Gasteiger partial charge >= 0.3 is 17.8 Å². The molecular formula is C23H17ClFN3O4. The van der Waals surface area contributed by atoms with Crippen LogP contribution in [0.25, 0.3) is 0 Å². The van der Waals surface area contributed by atoms with Crippen LogP contribution in [-0.4, -0.2) is 24.0 Å². The molecule has 0 aliphatic rings. The molecule has 2 N–H and O–H groups in total. The van der Waals surface area contributed by atoms with Crippen LogP contribution in [0.15, 0.2) is 71.8 Å². The number of hydrazone groups is 1. The highest BCUT2D eigenvalue weighted by Gasteiger charge is 2.14. The lowest BCUT2D eigenvalue weighted by Crippen LogP contribution is -2.32. The molecule has 2 amide bonds. The summed E-state index contributed by atoms with van der Waals surface area (Å²) in [5.74, 6) is -3.06. The fraction of sp³-hybridized carbons (Fsp3) is 0.0435. The Morgan fingerprint density at radius 2 is 1.72 bits per heavy atom. The highest BCUT2D eigenvalue weighted by atomic mass is 35.5. The fourth-order valence-electron chi connectivity index (χ4n) is 2.50. The molecule has 0 radical (unpaired) electrons. The van der Waals surface area contributed by atoms with Crippen LogP contribution in [0.3, 0.4) is 0 Å². The number of para-hydroxylation sites is 1. The molecule has 3 aromatic rings. The van der Waals surface area contributed by atoms with Crippen LogP contribution in [0.1, 0.15) is 21.5 Å². The van der Waals surface area contributed by atoms with Crippen LogP contribution in [0.4, 0.5) is 10.1 Å². The third-order valence-corrected chi connectivity index (χ3v) is 4.45. The van der Waals surface area contributed by atoms with E-state index in [4.69, 9.17) is 16.3 Å². The Bertz CT molecular complexity index is 1200. The lowest BCUT2D eigenvalue weighted by Gasteiger charge is -2.07. The van der Waals surface area contributed by atoms with Crippen LogP contribution < -0.4 is 15.5 Å². The van der Waals surface area contributed by atoms with Crippen LogP contribution in [0, 0.1) is 12.7 Å². The molecule has 0 heterocycles. The number of carbonyl (C=O) groups is 3. The van der Waals surface area contributed by atoms with E-state index in [9.17, 15) is 18.8 Å². The minimum atomic E-state index is -1.06. The quantitative estimate of drug-likeness (QED) is 0.200. The first-order valence-corrected chi connectivity index (χ1v) is 9.68. The van der Waals surface area contributed by atoms with E-state index < -0.39 is 23.6 Å². The molecule has 9 heteroatoms. The molecule has 162 valence electrons. The molecule has 0 bridgehead atoms. The zero-order valence-corrected chi connectivity index (χ0v) is 17.5. The highest BCUT2D eigenvalue weighted by Crippen LogP contribution is 2.19. The van der Waals surface area contributed by atoms with Crippen molar-refractivity contribution in [3.05, 3.63) is 94.3 Å². The maximum Gasteiger partial charge on any atom is 0.343 e. The van der Waals surface area contributed by atoms with Crippen molar-refractivity contribution in [1.29, 1.82) is 0 Å². The minimum Gasteiger partial charge on any atom is -0.422 e. The molecule has 3 aromatic carbocycles. The summed E-state index contributed by atoms with van der Waals surface area (Å²) in [6.45, 7) is 1.91. The second-order valence-electron chi connectivity index (χ2n) is 6.58. The molecule has 7 nitrogen and oxygen atoms in total. The van der Waals surface area contributed by atoms with Crippen LogP contribution in [0.5, 0.6) is 5.75 Å². The van der Waals surface area contributed by atoms with E-state index in [0.29, 0.717) is 11.1 Å². The normalized spacial score (nSPS) is 10.6. The van der Waals surface area contributed by atoms with E-state index in [0.717, 1.165) is 11.6 Å². The SMILES string of the molecule is Cc1ccc(C(=O)Oc2ccccc2/C=N/NC(=O)C(=O)Nc2ccc(F)c(Cl)c2)cc1. The van der Waals surface area contributed by atoms with Crippen LogP contribution >= 0.6 is 11.6 Å². The van der Waals surface area contributed by atoms with Gasteiger partial charge in [0, 0.05) is 11.3 Å². The first-order valence-electron chi connectivity index (χ1n) is 9.31. The number of hydrogen-bond donors (Lipinski definition) is 2. The average Bonchev–Trinajstić information content (AvgIpc) is 2.77. The Hall–Kier alpha value is -4.04. The number of aryl methyl sites for hydroxylation is 1. The maximum atomic E-state index is 13.2. The molecule has 0 aliphatic carbocycles. The zero-order chi connectivity index (χ0) is 23.1. The predicted molar refractivity (Wildman–Crippen MR) is 118 cm³/mol. The van der Waals surface area contributed by atoms with Gasteiger partial charge in [0.05, 0.1) is 16.8 Å². The summed E-state index contributed by atoms with van der Waals surface area (Å²) in [6, 6.07) is 16.9. The predicted octanol–water partition coefficient (Wildman–Crippen LogP) is 4.10. The molecular weight excluding hydrogens is 437 g/mol. The van der Waals surface area contributed by atoms with Crippen molar-refractivity contribution in [3.8, 4) is 5.75 Å². The zero-order valence-electron chi connectivity index (χ0n) is 16.8. The van der Waals surface area contributed by atoms with Gasteiger partial charge in [0.1, 0.15) is 11.6 Å². The summed E-state index contributed by atoms with van der Waals surface area (Å²) in [6.07, 6.45) is 1.23. The summed E-state index contributed by atoms with van der Waals surface area (Å²) >= 11 is 5.64. The molecule has 32 heavy (non-hydrogen) atoms. The number of nitrogens with one attached hydrogen (secondary N) is 2. The van der Waals surface area contributed by atoms with Gasteiger partial charge in [-0.1, -0.05) is 41.4 Å². The Balaban J connectivity index is 1.62. The van der Waals surface area contributed by atoms with Crippen molar-refractivity contribution < 1.29 is 23.5 Å². The van der Waals surface area contributed by atoms with Gasteiger partial charge in [-0.15, -0.1) is 0 Å². The standard InChI is InChI=1S/C23H17ClFN3O4/c1-14-6-8-15(9-7-14)23(31)32-20-5-3-2-4-16(20)13-26-28-22(30)21(29)27-17-10-11-19(25)18(24)12-17/h2-13H,1H3,(H,27,29)(H,28,30)/b26-13+. The van der Waals surface area contributed by atoms with Crippen molar-refractivity contribution in [3.63, 3.8) is 0 Å². The van der Waals surface area contributed by atoms with Crippen LogP contribution in [-0.2, 0) is 9.59 Å². The van der Waals surface area contributed by atoms with E-state index in [1.165, 1.54) is 18.3 Å². The molecule has 0 aliphatic heterocycles. The summed E-state index contributed by atoms with van der Waals surface area (Å²) in [4.78, 5) is 36.2. The number of rotatable bonds is 5. The van der Waals surface area contributed by atoms with Crippen molar-refractivity contribution in [2.75, 3.05) is 5.32 Å². The first-order chi connectivity index (χ1) is 15.3. The van der Waals surface area contributed by atoms with Gasteiger partial charge in [-0.3, -0.25) is 9.59 Å². The van der Waals surface area contributed by atoms with Crippen molar-refractivity contribution in [2.24, 2.45) is 5.10 Å². The van der Waals surface area contributed by atoms with Gasteiger partial charge in [0.2, 0.25) is 0 Å².